The summed E-state index contributed by atoms with van der Waals surface area (Å²) in [5.41, 5.74) is 0.422. The molecule has 0 spiro atoms. The number of nitrogens with one attached hydrogen (secondary N) is 1. The second kappa shape index (κ2) is 2.99. The van der Waals surface area contributed by atoms with Crippen LogP contribution in [-0.4, -0.2) is 28.6 Å². The van der Waals surface area contributed by atoms with Crippen molar-refractivity contribution in [3.05, 3.63) is 18.3 Å². The predicted octanol–water partition coefficient (Wildman–Crippen LogP) is 0.518. The molecule has 0 radical (unpaired) electrons. The molecule has 2 heterocycles. The fourth-order valence-electron chi connectivity index (χ4n) is 1.28. The number of carbonyl (C=O) groups is 2. The van der Waals surface area contributed by atoms with E-state index in [9.17, 15) is 9.59 Å². The van der Waals surface area contributed by atoms with Crippen LogP contribution < -0.4 is 10.2 Å². The number of pyridine rings is 1. The van der Waals surface area contributed by atoms with Gasteiger partial charge in [0, 0.05) is 6.20 Å². The lowest BCUT2D eigenvalue weighted by Crippen LogP contribution is -2.41. The average molecular weight is 193 g/mol. The number of rotatable bonds is 0. The summed E-state index contributed by atoms with van der Waals surface area (Å²) in [7, 11) is 0. The molecular weight excluding hydrogens is 186 g/mol. The monoisotopic (exact) mass is 193 g/mol. The van der Waals surface area contributed by atoms with Crippen molar-refractivity contribution >= 4 is 23.5 Å². The number of nitrogens with zero attached hydrogens (tertiary/aromatic N) is 2. The Kier molecular flexibility index (Phi) is 1.81. The molecule has 72 valence electrons. The van der Waals surface area contributed by atoms with Crippen LogP contribution in [0.1, 0.15) is 0 Å². The third-order valence-corrected chi connectivity index (χ3v) is 1.85. The normalized spacial score (nSPS) is 14.6. The minimum Gasteiger partial charge on any atom is -0.465 e. The maximum absolute atomic E-state index is 11.1. The molecule has 0 saturated heterocycles. The molecule has 0 fully saturated rings. The van der Waals surface area contributed by atoms with E-state index in [-0.39, 0.29) is 18.3 Å². The molecule has 1 aromatic heterocycles. The Morgan fingerprint density at radius 2 is 2.43 bits per heavy atom. The van der Waals surface area contributed by atoms with E-state index in [1.165, 1.54) is 6.20 Å². The molecule has 0 atom stereocenters. The molecule has 0 unspecified atom stereocenters. The first-order valence-electron chi connectivity index (χ1n) is 3.94. The van der Waals surface area contributed by atoms with Gasteiger partial charge in [-0.25, -0.2) is 9.78 Å². The second-order valence-corrected chi connectivity index (χ2v) is 2.79. The molecular formula is C8H7N3O3. The summed E-state index contributed by atoms with van der Waals surface area (Å²) in [6, 6.07) is 3.24. The van der Waals surface area contributed by atoms with Crippen molar-refractivity contribution in [2.75, 3.05) is 16.8 Å². The number of hydrogen-bond acceptors (Lipinski definition) is 3. The van der Waals surface area contributed by atoms with Gasteiger partial charge in [-0.1, -0.05) is 0 Å². The van der Waals surface area contributed by atoms with Crippen LogP contribution in [0.3, 0.4) is 0 Å². The number of anilines is 2. The Balaban J connectivity index is 2.48. The van der Waals surface area contributed by atoms with E-state index in [1.807, 2.05) is 0 Å². The van der Waals surface area contributed by atoms with Crippen molar-refractivity contribution in [2.45, 2.75) is 0 Å². The van der Waals surface area contributed by atoms with Gasteiger partial charge in [0.25, 0.3) is 0 Å². The van der Waals surface area contributed by atoms with Gasteiger partial charge in [0.2, 0.25) is 5.91 Å². The van der Waals surface area contributed by atoms with Crippen LogP contribution >= 0.6 is 0 Å². The summed E-state index contributed by atoms with van der Waals surface area (Å²) >= 11 is 0. The van der Waals surface area contributed by atoms with Gasteiger partial charge in [-0.3, -0.25) is 9.69 Å². The number of carboxylic acid groups (broad SMARTS) is 1. The second-order valence-electron chi connectivity index (χ2n) is 2.79. The van der Waals surface area contributed by atoms with Crippen LogP contribution in [0.2, 0.25) is 0 Å². The Morgan fingerprint density at radius 1 is 1.64 bits per heavy atom. The maximum atomic E-state index is 11.1. The molecule has 0 aliphatic carbocycles. The number of amides is 2. The summed E-state index contributed by atoms with van der Waals surface area (Å²) in [6.45, 7) is -0.209. The third kappa shape index (κ3) is 1.26. The van der Waals surface area contributed by atoms with Gasteiger partial charge in [-0.05, 0) is 12.1 Å². The Hall–Kier alpha value is -2.11. The van der Waals surface area contributed by atoms with Crippen LogP contribution in [0.4, 0.5) is 16.3 Å². The van der Waals surface area contributed by atoms with Crippen LogP contribution in [-0.2, 0) is 4.79 Å². The smallest absolute Gasteiger partial charge is 0.413 e. The highest BCUT2D eigenvalue weighted by Crippen LogP contribution is 2.25. The molecule has 6 heteroatoms. The van der Waals surface area contributed by atoms with E-state index >= 15 is 0 Å². The first-order valence-corrected chi connectivity index (χ1v) is 3.94. The van der Waals surface area contributed by atoms with E-state index in [0.717, 1.165) is 4.90 Å². The van der Waals surface area contributed by atoms with Crippen molar-refractivity contribution < 1.29 is 14.7 Å². The molecule has 14 heavy (non-hydrogen) atoms. The van der Waals surface area contributed by atoms with Gasteiger partial charge in [0.1, 0.15) is 6.54 Å². The number of fused-ring (bicyclic) bond motifs is 1. The van der Waals surface area contributed by atoms with E-state index in [0.29, 0.717) is 5.69 Å². The minimum absolute atomic E-state index is 0.209. The van der Waals surface area contributed by atoms with Crippen molar-refractivity contribution in [2.24, 2.45) is 0 Å². The Labute approximate surface area is 79.2 Å². The van der Waals surface area contributed by atoms with Gasteiger partial charge in [0.05, 0.1) is 5.69 Å². The lowest BCUT2D eigenvalue weighted by molar-refractivity contribution is -0.115. The Bertz CT molecular complexity index is 405. The quantitative estimate of drug-likeness (QED) is 0.629. The number of aromatic nitrogens is 1. The molecule has 0 aromatic carbocycles. The predicted molar refractivity (Wildman–Crippen MR) is 48.2 cm³/mol. The molecule has 0 saturated carbocycles. The average Bonchev–Trinajstić information content (AvgIpc) is 2.16. The van der Waals surface area contributed by atoms with Crippen LogP contribution in [0.15, 0.2) is 18.3 Å². The minimum atomic E-state index is -1.18. The number of carbonyl (C=O) groups excluding carboxylic acids is 1. The highest BCUT2D eigenvalue weighted by atomic mass is 16.4. The fraction of sp³-hybridized carbons (Fsp3) is 0.125. The van der Waals surface area contributed by atoms with Crippen LogP contribution in [0.25, 0.3) is 0 Å². The molecule has 6 nitrogen and oxygen atoms in total. The van der Waals surface area contributed by atoms with E-state index in [2.05, 4.69) is 10.3 Å². The summed E-state index contributed by atoms with van der Waals surface area (Å²) in [4.78, 5) is 26.7. The molecule has 2 N–H and O–H groups in total. The first kappa shape index (κ1) is 8.49. The highest BCUT2D eigenvalue weighted by Gasteiger charge is 2.27. The highest BCUT2D eigenvalue weighted by molar-refractivity contribution is 6.06. The van der Waals surface area contributed by atoms with Gasteiger partial charge < -0.3 is 10.4 Å². The van der Waals surface area contributed by atoms with Crippen LogP contribution in [0, 0.1) is 0 Å². The molecule has 2 amide bonds. The van der Waals surface area contributed by atoms with E-state index in [1.54, 1.807) is 12.1 Å². The fourth-order valence-corrected chi connectivity index (χ4v) is 1.28. The zero-order chi connectivity index (χ0) is 10.1. The van der Waals surface area contributed by atoms with Crippen molar-refractivity contribution in [1.82, 2.24) is 4.98 Å². The summed E-state index contributed by atoms with van der Waals surface area (Å²) in [5.74, 6) is -0.0903. The zero-order valence-corrected chi connectivity index (χ0v) is 7.10. The standard InChI is InChI=1S/C8H7N3O3/c12-6-4-11(8(13)14)7-5(10-6)2-1-3-9-7/h1-3H,4H2,(H,10,12)(H,13,14). The van der Waals surface area contributed by atoms with Crippen molar-refractivity contribution in [1.29, 1.82) is 0 Å². The Morgan fingerprint density at radius 3 is 3.14 bits per heavy atom. The molecule has 1 aliphatic rings. The number of hydrogen-bond donors (Lipinski definition) is 2. The summed E-state index contributed by atoms with van der Waals surface area (Å²) < 4.78 is 0. The molecule has 2 rings (SSSR count). The van der Waals surface area contributed by atoms with Crippen molar-refractivity contribution in [3.63, 3.8) is 0 Å². The SMILES string of the molecule is O=C1CN(C(=O)O)c2ncccc2N1. The van der Waals surface area contributed by atoms with E-state index < -0.39 is 6.09 Å². The van der Waals surface area contributed by atoms with Crippen LogP contribution in [0.5, 0.6) is 0 Å². The summed E-state index contributed by atoms with van der Waals surface area (Å²) in [5, 5.41) is 11.3. The van der Waals surface area contributed by atoms with Gasteiger partial charge in [0.15, 0.2) is 5.82 Å². The van der Waals surface area contributed by atoms with E-state index in [4.69, 9.17) is 5.11 Å². The lowest BCUT2D eigenvalue weighted by atomic mass is 10.3. The molecule has 1 aliphatic heterocycles. The van der Waals surface area contributed by atoms with Crippen molar-refractivity contribution in [3.8, 4) is 0 Å². The van der Waals surface area contributed by atoms with Gasteiger partial charge in [-0.15, -0.1) is 0 Å². The van der Waals surface area contributed by atoms with Gasteiger partial charge >= 0.3 is 6.09 Å². The third-order valence-electron chi connectivity index (χ3n) is 1.85. The molecule has 1 aromatic rings. The largest absolute Gasteiger partial charge is 0.465 e. The topological polar surface area (TPSA) is 82.5 Å². The first-order chi connectivity index (χ1) is 6.68. The summed E-state index contributed by atoms with van der Waals surface area (Å²) in [6.07, 6.45) is 0.298. The molecule has 0 bridgehead atoms. The lowest BCUT2D eigenvalue weighted by Gasteiger charge is -2.24. The van der Waals surface area contributed by atoms with Gasteiger partial charge in [-0.2, -0.15) is 0 Å². The maximum Gasteiger partial charge on any atom is 0.413 e. The zero-order valence-electron chi connectivity index (χ0n) is 7.10.